The van der Waals surface area contributed by atoms with Gasteiger partial charge in [-0.1, -0.05) is 0 Å². The molecule has 1 aliphatic carbocycles. The molecule has 1 aromatic carbocycles. The SMILES string of the molecule is O=C(O)C[C@H]1CCN(c2c(F)cc(-c3cccnc3OC3CCCC3)cc2F)C1. The van der Waals surface area contributed by atoms with Gasteiger partial charge < -0.3 is 14.7 Å². The van der Waals surface area contributed by atoms with Crippen LogP contribution in [0.5, 0.6) is 5.88 Å². The summed E-state index contributed by atoms with van der Waals surface area (Å²) in [4.78, 5) is 16.8. The quantitative estimate of drug-likeness (QED) is 0.762. The van der Waals surface area contributed by atoms with Crippen LogP contribution in [0, 0.1) is 17.6 Å². The normalized spacial score (nSPS) is 19.7. The lowest BCUT2D eigenvalue weighted by Gasteiger charge is -2.21. The average molecular weight is 402 g/mol. The minimum Gasteiger partial charge on any atom is -0.481 e. The molecule has 0 bridgehead atoms. The average Bonchev–Trinajstić information content (AvgIpc) is 3.33. The first-order valence-corrected chi connectivity index (χ1v) is 10.1. The predicted molar refractivity (Wildman–Crippen MR) is 105 cm³/mol. The number of hydrogen-bond donors (Lipinski definition) is 1. The first-order chi connectivity index (χ1) is 14.0. The van der Waals surface area contributed by atoms with E-state index in [9.17, 15) is 13.6 Å². The van der Waals surface area contributed by atoms with Crippen LogP contribution >= 0.6 is 0 Å². The van der Waals surface area contributed by atoms with Gasteiger partial charge in [0.2, 0.25) is 5.88 Å². The van der Waals surface area contributed by atoms with Gasteiger partial charge in [-0.2, -0.15) is 0 Å². The van der Waals surface area contributed by atoms with Crippen LogP contribution in [0.3, 0.4) is 0 Å². The van der Waals surface area contributed by atoms with Crippen LogP contribution in [0.25, 0.3) is 11.1 Å². The number of ether oxygens (including phenoxy) is 1. The van der Waals surface area contributed by atoms with E-state index in [-0.39, 0.29) is 24.1 Å². The zero-order valence-corrected chi connectivity index (χ0v) is 16.1. The van der Waals surface area contributed by atoms with Crippen LogP contribution in [0.4, 0.5) is 14.5 Å². The Kier molecular flexibility index (Phi) is 5.65. The van der Waals surface area contributed by atoms with Crippen LogP contribution in [-0.2, 0) is 4.79 Å². The van der Waals surface area contributed by atoms with Gasteiger partial charge in [-0.15, -0.1) is 0 Å². The lowest BCUT2D eigenvalue weighted by molar-refractivity contribution is -0.137. The number of pyridine rings is 1. The standard InChI is InChI=1S/C22H24F2N2O3/c23-18-11-15(17-6-3-8-25-22(17)29-16-4-1-2-5-16)12-19(24)21(18)26-9-7-14(13-26)10-20(27)28/h3,6,8,11-12,14,16H,1-2,4-5,7,9-10,13H2,(H,27,28)/t14-/m1/s1. The Labute approximate surface area is 168 Å². The van der Waals surface area contributed by atoms with Crippen molar-refractivity contribution in [2.45, 2.75) is 44.6 Å². The summed E-state index contributed by atoms with van der Waals surface area (Å²) < 4.78 is 35.8. The van der Waals surface area contributed by atoms with Crippen molar-refractivity contribution >= 4 is 11.7 Å². The number of halogens is 2. The highest BCUT2D eigenvalue weighted by atomic mass is 19.1. The number of carboxylic acid groups (broad SMARTS) is 1. The van der Waals surface area contributed by atoms with E-state index in [1.807, 2.05) is 0 Å². The summed E-state index contributed by atoms with van der Waals surface area (Å²) in [6.07, 6.45) is 6.47. The molecular formula is C22H24F2N2O3. The largest absolute Gasteiger partial charge is 0.481 e. The van der Waals surface area contributed by atoms with E-state index in [0.29, 0.717) is 36.5 Å². The zero-order chi connectivity index (χ0) is 20.4. The molecule has 2 heterocycles. The first-order valence-electron chi connectivity index (χ1n) is 10.1. The molecule has 0 amide bonds. The molecular weight excluding hydrogens is 378 g/mol. The van der Waals surface area contributed by atoms with Gasteiger partial charge in [0.25, 0.3) is 0 Å². The van der Waals surface area contributed by atoms with E-state index in [1.165, 1.54) is 12.1 Å². The molecule has 1 atom stereocenters. The molecule has 0 radical (unpaired) electrons. The maximum absolute atomic E-state index is 14.9. The molecule has 7 heteroatoms. The van der Waals surface area contributed by atoms with Crippen molar-refractivity contribution in [2.24, 2.45) is 5.92 Å². The summed E-state index contributed by atoms with van der Waals surface area (Å²) in [5.74, 6) is -1.91. The third kappa shape index (κ3) is 4.33. The third-order valence-corrected chi connectivity index (χ3v) is 5.74. The van der Waals surface area contributed by atoms with Crippen molar-refractivity contribution in [3.8, 4) is 17.0 Å². The van der Waals surface area contributed by atoms with Crippen molar-refractivity contribution in [1.82, 2.24) is 4.98 Å². The Morgan fingerprint density at radius 2 is 1.93 bits per heavy atom. The highest BCUT2D eigenvalue weighted by Crippen LogP contribution is 2.36. The van der Waals surface area contributed by atoms with E-state index in [2.05, 4.69) is 4.98 Å². The summed E-state index contributed by atoms with van der Waals surface area (Å²) in [7, 11) is 0. The van der Waals surface area contributed by atoms with Crippen LogP contribution in [-0.4, -0.2) is 35.3 Å². The van der Waals surface area contributed by atoms with E-state index >= 15 is 0 Å². The molecule has 2 aliphatic rings. The Morgan fingerprint density at radius 3 is 2.62 bits per heavy atom. The second-order valence-electron chi connectivity index (χ2n) is 7.87. The number of hydrogen-bond acceptors (Lipinski definition) is 4. The molecule has 154 valence electrons. The minimum atomic E-state index is -0.889. The van der Waals surface area contributed by atoms with Crippen molar-refractivity contribution in [3.63, 3.8) is 0 Å². The Bertz CT molecular complexity index is 876. The van der Waals surface area contributed by atoms with Gasteiger partial charge >= 0.3 is 5.97 Å². The van der Waals surface area contributed by atoms with Crippen molar-refractivity contribution in [3.05, 3.63) is 42.1 Å². The summed E-state index contributed by atoms with van der Waals surface area (Å²) in [5.41, 5.74) is 0.851. The Balaban J connectivity index is 1.59. The summed E-state index contributed by atoms with van der Waals surface area (Å²) in [6, 6.07) is 6.09. The fourth-order valence-corrected chi connectivity index (χ4v) is 4.34. The van der Waals surface area contributed by atoms with E-state index in [4.69, 9.17) is 9.84 Å². The molecule has 0 unspecified atom stereocenters. The lowest BCUT2D eigenvalue weighted by atomic mass is 10.0. The van der Waals surface area contributed by atoms with Gasteiger partial charge in [-0.05, 0) is 67.9 Å². The van der Waals surface area contributed by atoms with Gasteiger partial charge in [0.15, 0.2) is 0 Å². The van der Waals surface area contributed by atoms with E-state index < -0.39 is 17.6 Å². The van der Waals surface area contributed by atoms with Gasteiger partial charge in [0.1, 0.15) is 23.4 Å². The van der Waals surface area contributed by atoms with Gasteiger partial charge in [-0.25, -0.2) is 13.8 Å². The van der Waals surface area contributed by atoms with Gasteiger partial charge in [0, 0.05) is 31.3 Å². The molecule has 1 saturated heterocycles. The lowest BCUT2D eigenvalue weighted by Crippen LogP contribution is -2.23. The Hall–Kier alpha value is -2.70. The summed E-state index contributed by atoms with van der Waals surface area (Å²) >= 11 is 0. The smallest absolute Gasteiger partial charge is 0.303 e. The van der Waals surface area contributed by atoms with Gasteiger partial charge in [0.05, 0.1) is 0 Å². The van der Waals surface area contributed by atoms with Gasteiger partial charge in [-0.3, -0.25) is 4.79 Å². The predicted octanol–water partition coefficient (Wildman–Crippen LogP) is 4.65. The second kappa shape index (κ2) is 8.35. The zero-order valence-electron chi connectivity index (χ0n) is 16.1. The van der Waals surface area contributed by atoms with Crippen LogP contribution in [0.2, 0.25) is 0 Å². The molecule has 0 spiro atoms. The number of anilines is 1. The maximum atomic E-state index is 14.9. The highest BCUT2D eigenvalue weighted by molar-refractivity contribution is 5.71. The topological polar surface area (TPSA) is 62.7 Å². The number of rotatable bonds is 6. The van der Waals surface area contributed by atoms with Crippen molar-refractivity contribution < 1.29 is 23.4 Å². The third-order valence-electron chi connectivity index (χ3n) is 5.74. The molecule has 1 aliphatic heterocycles. The number of aromatic nitrogens is 1. The summed E-state index contributed by atoms with van der Waals surface area (Å²) in [6.45, 7) is 0.774. The molecule has 4 rings (SSSR count). The molecule has 1 aromatic heterocycles. The van der Waals surface area contributed by atoms with Crippen molar-refractivity contribution in [1.29, 1.82) is 0 Å². The number of benzene rings is 1. The fourth-order valence-electron chi connectivity index (χ4n) is 4.34. The van der Waals surface area contributed by atoms with Crippen molar-refractivity contribution in [2.75, 3.05) is 18.0 Å². The monoisotopic (exact) mass is 402 g/mol. The second-order valence-corrected chi connectivity index (χ2v) is 7.87. The van der Waals surface area contributed by atoms with Crippen LogP contribution in [0.15, 0.2) is 30.5 Å². The molecule has 1 saturated carbocycles. The number of aliphatic carboxylic acids is 1. The first kappa shape index (κ1) is 19.6. The molecule has 29 heavy (non-hydrogen) atoms. The fraction of sp³-hybridized carbons (Fsp3) is 0.455. The Morgan fingerprint density at radius 1 is 1.21 bits per heavy atom. The molecule has 1 N–H and O–H groups in total. The van der Waals surface area contributed by atoms with E-state index in [1.54, 1.807) is 23.2 Å². The van der Waals surface area contributed by atoms with Crippen LogP contribution in [0.1, 0.15) is 38.5 Å². The van der Waals surface area contributed by atoms with E-state index in [0.717, 1.165) is 25.7 Å². The number of carboxylic acids is 1. The maximum Gasteiger partial charge on any atom is 0.303 e. The number of carbonyl (C=O) groups is 1. The molecule has 2 fully saturated rings. The minimum absolute atomic E-state index is 0.00930. The molecule has 5 nitrogen and oxygen atoms in total. The number of nitrogens with zero attached hydrogens (tertiary/aromatic N) is 2. The van der Waals surface area contributed by atoms with Crippen LogP contribution < -0.4 is 9.64 Å². The highest BCUT2D eigenvalue weighted by Gasteiger charge is 2.29. The molecule has 2 aromatic rings. The summed E-state index contributed by atoms with van der Waals surface area (Å²) in [5, 5.41) is 8.95.